The zero-order valence-electron chi connectivity index (χ0n) is 15.8. The van der Waals surface area contributed by atoms with Gasteiger partial charge in [-0.1, -0.05) is 39.7 Å². The summed E-state index contributed by atoms with van der Waals surface area (Å²) >= 11 is 3.37. The van der Waals surface area contributed by atoms with Crippen LogP contribution in [0.2, 0.25) is 0 Å². The standard InChI is InChI=1S/C21H19BrN4O3/c1-12-6-8-15(9-7-12)26-20(28)18-17(24-21(26)29)16(11-25(18)2)19(27)23-14-5-3-4-13(22)10-14/h3-11,17-18H,1-2H3,(H,23,27)(H,24,29). The van der Waals surface area contributed by atoms with E-state index >= 15 is 0 Å². The summed E-state index contributed by atoms with van der Waals surface area (Å²) in [4.78, 5) is 41.5. The highest BCUT2D eigenvalue weighted by Crippen LogP contribution is 2.30. The number of hydrogen-bond acceptors (Lipinski definition) is 4. The van der Waals surface area contributed by atoms with Crippen molar-refractivity contribution in [3.63, 3.8) is 0 Å². The molecule has 2 unspecified atom stereocenters. The molecule has 2 aliphatic heterocycles. The van der Waals surface area contributed by atoms with E-state index in [1.54, 1.807) is 42.4 Å². The summed E-state index contributed by atoms with van der Waals surface area (Å²) in [7, 11) is 1.72. The molecular formula is C21H19BrN4O3. The summed E-state index contributed by atoms with van der Waals surface area (Å²) < 4.78 is 0.834. The Morgan fingerprint density at radius 1 is 1.14 bits per heavy atom. The minimum atomic E-state index is -0.714. The normalized spacial score (nSPS) is 20.9. The van der Waals surface area contributed by atoms with Crippen molar-refractivity contribution in [2.75, 3.05) is 17.3 Å². The van der Waals surface area contributed by atoms with Gasteiger partial charge < -0.3 is 15.5 Å². The first kappa shape index (κ1) is 19.2. The third-order valence-corrected chi connectivity index (χ3v) is 5.52. The van der Waals surface area contributed by atoms with Crippen LogP contribution in [0.5, 0.6) is 0 Å². The lowest BCUT2D eigenvalue weighted by atomic mass is 9.99. The number of likely N-dealkylation sites (N-methyl/N-ethyl adjacent to an activating group) is 1. The van der Waals surface area contributed by atoms with E-state index in [0.717, 1.165) is 14.9 Å². The van der Waals surface area contributed by atoms with Gasteiger partial charge in [0.25, 0.3) is 11.8 Å². The van der Waals surface area contributed by atoms with Crippen molar-refractivity contribution in [3.05, 3.63) is 70.3 Å². The number of hydrogen-bond donors (Lipinski definition) is 2. The Kier molecular flexibility index (Phi) is 4.87. The van der Waals surface area contributed by atoms with E-state index in [9.17, 15) is 14.4 Å². The number of rotatable bonds is 3. The Balaban J connectivity index is 1.57. The number of nitrogens with zero attached hydrogens (tertiary/aromatic N) is 2. The van der Waals surface area contributed by atoms with Crippen LogP contribution < -0.4 is 15.5 Å². The second-order valence-electron chi connectivity index (χ2n) is 7.10. The number of fused-ring (bicyclic) bond motifs is 1. The van der Waals surface area contributed by atoms with Gasteiger partial charge in [0, 0.05) is 23.4 Å². The van der Waals surface area contributed by atoms with Crippen LogP contribution in [0.1, 0.15) is 5.56 Å². The van der Waals surface area contributed by atoms with E-state index in [4.69, 9.17) is 0 Å². The van der Waals surface area contributed by atoms with Gasteiger partial charge in [0.15, 0.2) is 0 Å². The van der Waals surface area contributed by atoms with Crippen molar-refractivity contribution in [2.24, 2.45) is 0 Å². The van der Waals surface area contributed by atoms with Gasteiger partial charge in [0.2, 0.25) is 0 Å². The van der Waals surface area contributed by atoms with Gasteiger partial charge in [-0.2, -0.15) is 0 Å². The summed E-state index contributed by atoms with van der Waals surface area (Å²) in [6, 6.07) is 12.4. The van der Waals surface area contributed by atoms with Crippen molar-refractivity contribution < 1.29 is 14.4 Å². The average Bonchev–Trinajstić information content (AvgIpc) is 3.00. The van der Waals surface area contributed by atoms with E-state index < -0.39 is 18.1 Å². The second kappa shape index (κ2) is 7.36. The fourth-order valence-corrected chi connectivity index (χ4v) is 4.00. The van der Waals surface area contributed by atoms with Crippen molar-refractivity contribution in [1.29, 1.82) is 0 Å². The summed E-state index contributed by atoms with van der Waals surface area (Å²) in [5.74, 6) is -0.731. The van der Waals surface area contributed by atoms with Gasteiger partial charge in [-0.25, -0.2) is 9.69 Å². The number of urea groups is 1. The summed E-state index contributed by atoms with van der Waals surface area (Å²) in [5.41, 5.74) is 2.48. The van der Waals surface area contributed by atoms with E-state index in [0.29, 0.717) is 16.9 Å². The minimum absolute atomic E-state index is 0.336. The largest absolute Gasteiger partial charge is 0.366 e. The minimum Gasteiger partial charge on any atom is -0.366 e. The number of carbonyl (C=O) groups excluding carboxylic acids is 3. The highest BCUT2D eigenvalue weighted by Gasteiger charge is 2.49. The molecule has 0 saturated carbocycles. The van der Waals surface area contributed by atoms with Crippen molar-refractivity contribution in [2.45, 2.75) is 19.0 Å². The summed E-state index contributed by atoms with van der Waals surface area (Å²) in [6.45, 7) is 1.93. The van der Waals surface area contributed by atoms with Gasteiger partial charge in [-0.15, -0.1) is 0 Å². The van der Waals surface area contributed by atoms with E-state index in [1.807, 2.05) is 31.2 Å². The van der Waals surface area contributed by atoms with Gasteiger partial charge in [0.05, 0.1) is 17.3 Å². The molecule has 1 fully saturated rings. The van der Waals surface area contributed by atoms with Gasteiger partial charge in [0.1, 0.15) is 6.04 Å². The van der Waals surface area contributed by atoms with Crippen LogP contribution in [0.3, 0.4) is 0 Å². The average molecular weight is 455 g/mol. The fraction of sp³-hybridized carbons (Fsp3) is 0.190. The molecule has 2 atom stereocenters. The Labute approximate surface area is 176 Å². The van der Waals surface area contributed by atoms with Gasteiger partial charge in [-0.3, -0.25) is 9.59 Å². The Morgan fingerprint density at radius 3 is 2.55 bits per heavy atom. The highest BCUT2D eigenvalue weighted by atomic mass is 79.9. The topological polar surface area (TPSA) is 81.8 Å². The van der Waals surface area contributed by atoms with E-state index in [-0.39, 0.29) is 11.8 Å². The predicted octanol–water partition coefficient (Wildman–Crippen LogP) is 3.02. The quantitative estimate of drug-likeness (QED) is 0.746. The molecule has 0 radical (unpaired) electrons. The molecule has 29 heavy (non-hydrogen) atoms. The zero-order chi connectivity index (χ0) is 20.7. The van der Waals surface area contributed by atoms with Crippen LogP contribution in [0.15, 0.2) is 64.8 Å². The van der Waals surface area contributed by atoms with Crippen LogP contribution in [0.25, 0.3) is 0 Å². The summed E-state index contributed by atoms with van der Waals surface area (Å²) in [5, 5.41) is 5.63. The molecule has 0 spiro atoms. The van der Waals surface area contributed by atoms with Crippen LogP contribution in [-0.4, -0.2) is 41.9 Å². The van der Waals surface area contributed by atoms with Crippen molar-refractivity contribution in [3.8, 4) is 0 Å². The highest BCUT2D eigenvalue weighted by molar-refractivity contribution is 9.10. The summed E-state index contributed by atoms with van der Waals surface area (Å²) in [6.07, 6.45) is 1.61. The molecule has 2 aromatic carbocycles. The van der Waals surface area contributed by atoms with Crippen LogP contribution in [0.4, 0.5) is 16.2 Å². The van der Waals surface area contributed by atoms with Gasteiger partial charge >= 0.3 is 6.03 Å². The molecule has 4 rings (SSSR count). The van der Waals surface area contributed by atoms with E-state index in [1.165, 1.54) is 0 Å². The Hall–Kier alpha value is -3.13. The molecule has 2 N–H and O–H groups in total. The predicted molar refractivity (Wildman–Crippen MR) is 113 cm³/mol. The van der Waals surface area contributed by atoms with Crippen molar-refractivity contribution in [1.82, 2.24) is 10.2 Å². The molecule has 0 bridgehead atoms. The molecule has 8 heteroatoms. The molecule has 2 aliphatic rings. The van der Waals surface area contributed by atoms with Crippen LogP contribution in [0, 0.1) is 6.92 Å². The Morgan fingerprint density at radius 2 is 1.86 bits per heavy atom. The molecule has 4 amide bonds. The number of anilines is 2. The molecule has 0 aromatic heterocycles. The first-order chi connectivity index (χ1) is 13.8. The molecule has 1 saturated heterocycles. The van der Waals surface area contributed by atoms with Crippen molar-refractivity contribution >= 4 is 45.2 Å². The van der Waals surface area contributed by atoms with Gasteiger partial charge in [-0.05, 0) is 37.3 Å². The first-order valence-electron chi connectivity index (χ1n) is 9.07. The van der Waals surface area contributed by atoms with Crippen LogP contribution in [-0.2, 0) is 9.59 Å². The number of halogens is 1. The zero-order valence-corrected chi connectivity index (χ0v) is 17.4. The number of amides is 4. The molecule has 7 nitrogen and oxygen atoms in total. The number of aryl methyl sites for hydroxylation is 1. The molecule has 2 aromatic rings. The SMILES string of the molecule is Cc1ccc(N2C(=O)NC3C(C(=O)Nc4cccc(Br)c4)=CN(C)C3C2=O)cc1. The maximum absolute atomic E-state index is 13.1. The number of carbonyl (C=O) groups is 3. The first-order valence-corrected chi connectivity index (χ1v) is 9.86. The maximum atomic E-state index is 13.1. The third kappa shape index (κ3) is 3.51. The smallest absolute Gasteiger partial charge is 0.329 e. The maximum Gasteiger partial charge on any atom is 0.329 e. The molecule has 2 heterocycles. The molecular weight excluding hydrogens is 436 g/mol. The fourth-order valence-electron chi connectivity index (χ4n) is 3.60. The Bertz CT molecular complexity index is 1030. The third-order valence-electron chi connectivity index (χ3n) is 5.02. The van der Waals surface area contributed by atoms with Crippen LogP contribution >= 0.6 is 15.9 Å². The number of nitrogens with one attached hydrogen (secondary N) is 2. The number of imide groups is 1. The molecule has 0 aliphatic carbocycles. The number of benzene rings is 2. The second-order valence-corrected chi connectivity index (χ2v) is 8.01. The lowest BCUT2D eigenvalue weighted by Gasteiger charge is -2.37. The lowest BCUT2D eigenvalue weighted by molar-refractivity contribution is -0.122. The molecule has 148 valence electrons. The van der Waals surface area contributed by atoms with E-state index in [2.05, 4.69) is 26.6 Å². The monoisotopic (exact) mass is 454 g/mol. The lowest BCUT2D eigenvalue weighted by Crippen LogP contribution is -2.65.